The number of nitrogens with zero attached hydrogens (tertiary/aromatic N) is 2. The molecule has 0 aromatic carbocycles. The topological polar surface area (TPSA) is 23.6 Å². The first kappa shape index (κ1) is 25.4. The quantitative estimate of drug-likeness (QED) is 0.182. The Morgan fingerprint density at radius 3 is 1.38 bits per heavy atom. The Morgan fingerprint density at radius 1 is 0.577 bits per heavy atom. The van der Waals surface area contributed by atoms with Crippen molar-refractivity contribution in [2.24, 2.45) is 0 Å². The van der Waals surface area contributed by atoms with Gasteiger partial charge in [0.25, 0.3) is 0 Å². The van der Waals surface area contributed by atoms with Gasteiger partial charge in [0.05, 0.1) is 0 Å². The number of hydrogen-bond donors (Lipinski definition) is 0. The van der Waals surface area contributed by atoms with Crippen molar-refractivity contribution >= 4 is 5.91 Å². The molecule has 0 spiro atoms. The second-order valence-corrected chi connectivity index (χ2v) is 7.65. The Labute approximate surface area is 164 Å². The average Bonchev–Trinajstić information content (AvgIpc) is 2.65. The van der Waals surface area contributed by atoms with Gasteiger partial charge in [0.2, 0.25) is 5.91 Å². The van der Waals surface area contributed by atoms with E-state index >= 15 is 0 Å². The molecule has 0 bridgehead atoms. The van der Waals surface area contributed by atoms with Crippen LogP contribution in [-0.2, 0) is 4.79 Å². The summed E-state index contributed by atoms with van der Waals surface area (Å²) >= 11 is 0. The lowest BCUT2D eigenvalue weighted by Crippen LogP contribution is -2.46. The lowest BCUT2D eigenvalue weighted by Gasteiger charge is -2.33. The minimum Gasteiger partial charge on any atom is -0.275 e. The summed E-state index contributed by atoms with van der Waals surface area (Å²) in [6.07, 6.45) is 19.3. The van der Waals surface area contributed by atoms with Crippen LogP contribution in [0, 0.1) is 0 Å². The van der Waals surface area contributed by atoms with E-state index in [9.17, 15) is 4.79 Å². The molecule has 0 rings (SSSR count). The third-order valence-electron chi connectivity index (χ3n) is 5.29. The molecule has 0 atom stereocenters. The third-order valence-corrected chi connectivity index (χ3v) is 5.29. The predicted molar refractivity (Wildman–Crippen MR) is 115 cm³/mol. The second kappa shape index (κ2) is 19.2. The summed E-state index contributed by atoms with van der Waals surface area (Å²) in [6, 6.07) is 0. The second-order valence-electron chi connectivity index (χ2n) is 7.65. The van der Waals surface area contributed by atoms with Gasteiger partial charge in [0, 0.05) is 26.1 Å². The van der Waals surface area contributed by atoms with Crippen molar-refractivity contribution in [2.45, 2.75) is 124 Å². The van der Waals surface area contributed by atoms with Gasteiger partial charge in [-0.15, -0.1) is 0 Å². The fourth-order valence-electron chi connectivity index (χ4n) is 3.62. The van der Waals surface area contributed by atoms with E-state index in [0.29, 0.717) is 12.3 Å². The molecule has 0 radical (unpaired) electrons. The minimum atomic E-state index is 0.318. The molecule has 0 heterocycles. The van der Waals surface area contributed by atoms with E-state index in [4.69, 9.17) is 0 Å². The largest absolute Gasteiger partial charge is 0.275 e. The Hall–Kier alpha value is -0.570. The Balaban J connectivity index is 3.56. The van der Waals surface area contributed by atoms with Crippen LogP contribution in [0.15, 0.2) is 0 Å². The molecule has 0 N–H and O–H groups in total. The summed E-state index contributed by atoms with van der Waals surface area (Å²) in [4.78, 5) is 12.5. The van der Waals surface area contributed by atoms with Crippen LogP contribution in [0.2, 0.25) is 0 Å². The highest BCUT2D eigenvalue weighted by molar-refractivity contribution is 5.75. The van der Waals surface area contributed by atoms with Crippen LogP contribution in [0.3, 0.4) is 0 Å². The maximum Gasteiger partial charge on any atom is 0.236 e. The first-order valence-corrected chi connectivity index (χ1v) is 11.8. The van der Waals surface area contributed by atoms with Gasteiger partial charge >= 0.3 is 0 Å². The van der Waals surface area contributed by atoms with Gasteiger partial charge in [-0.3, -0.25) is 9.80 Å². The molecule has 1 amide bonds. The number of rotatable bonds is 19. The van der Waals surface area contributed by atoms with Crippen LogP contribution in [0.25, 0.3) is 0 Å². The first-order chi connectivity index (χ1) is 12.7. The summed E-state index contributed by atoms with van der Waals surface area (Å²) in [5.74, 6) is 0.318. The number of unbranched alkanes of at least 4 members (excludes halogenated alkanes) is 12. The van der Waals surface area contributed by atoms with Crippen molar-refractivity contribution in [3.8, 4) is 0 Å². The third kappa shape index (κ3) is 13.6. The molecule has 0 saturated heterocycles. The molecule has 0 aromatic heterocycles. The predicted octanol–water partition coefficient (Wildman–Crippen LogP) is 6.96. The van der Waals surface area contributed by atoms with Crippen molar-refractivity contribution in [3.63, 3.8) is 0 Å². The van der Waals surface area contributed by atoms with E-state index in [1.807, 2.05) is 5.01 Å². The number of carbonyl (C=O) groups is 1. The zero-order chi connectivity index (χ0) is 19.5. The number of hydrazine groups is 1. The summed E-state index contributed by atoms with van der Waals surface area (Å²) < 4.78 is 0. The van der Waals surface area contributed by atoms with Crippen molar-refractivity contribution in [1.29, 1.82) is 0 Å². The minimum absolute atomic E-state index is 0.318. The van der Waals surface area contributed by atoms with Gasteiger partial charge in [-0.1, -0.05) is 105 Å². The van der Waals surface area contributed by atoms with Gasteiger partial charge < -0.3 is 0 Å². The van der Waals surface area contributed by atoms with E-state index in [1.54, 1.807) is 0 Å². The summed E-state index contributed by atoms with van der Waals surface area (Å²) in [5.41, 5.74) is 0. The highest BCUT2D eigenvalue weighted by atomic mass is 16.2. The zero-order valence-electron chi connectivity index (χ0n) is 18.5. The van der Waals surface area contributed by atoms with E-state index in [2.05, 4.69) is 32.7 Å². The van der Waals surface area contributed by atoms with Crippen LogP contribution >= 0.6 is 0 Å². The molecule has 0 aromatic rings. The van der Waals surface area contributed by atoms with Crippen LogP contribution in [-0.4, -0.2) is 35.6 Å². The molecule has 0 aliphatic heterocycles. The summed E-state index contributed by atoms with van der Waals surface area (Å²) in [7, 11) is 0. The zero-order valence-corrected chi connectivity index (χ0v) is 18.5. The molecule has 0 aliphatic carbocycles. The standard InChI is InChI=1S/C23H48N2O/c1-5-9-10-11-12-13-14-15-16-17-18-19-20-21-23(26)25(22-6-2)24(7-3)8-4/h5-22H2,1-4H3. The normalized spacial score (nSPS) is 11.3. The van der Waals surface area contributed by atoms with Crippen LogP contribution in [0.5, 0.6) is 0 Å². The summed E-state index contributed by atoms with van der Waals surface area (Å²) in [6.45, 7) is 11.4. The maximum atomic E-state index is 12.5. The highest BCUT2D eigenvalue weighted by Crippen LogP contribution is 2.13. The molecule has 156 valence electrons. The average molecular weight is 369 g/mol. The number of carbonyl (C=O) groups excluding carboxylic acids is 1. The fourth-order valence-corrected chi connectivity index (χ4v) is 3.62. The van der Waals surface area contributed by atoms with Crippen molar-refractivity contribution < 1.29 is 4.79 Å². The van der Waals surface area contributed by atoms with Gasteiger partial charge in [0.15, 0.2) is 0 Å². The molecular weight excluding hydrogens is 320 g/mol. The first-order valence-electron chi connectivity index (χ1n) is 11.8. The fraction of sp³-hybridized carbons (Fsp3) is 0.957. The van der Waals surface area contributed by atoms with Gasteiger partial charge in [0.1, 0.15) is 0 Å². The number of hydrogen-bond acceptors (Lipinski definition) is 2. The van der Waals surface area contributed by atoms with Crippen LogP contribution in [0.1, 0.15) is 124 Å². The van der Waals surface area contributed by atoms with E-state index < -0.39 is 0 Å². The molecule has 26 heavy (non-hydrogen) atoms. The lowest BCUT2D eigenvalue weighted by atomic mass is 10.0. The van der Waals surface area contributed by atoms with E-state index in [1.165, 1.54) is 77.0 Å². The van der Waals surface area contributed by atoms with Gasteiger partial charge in [-0.25, -0.2) is 5.01 Å². The smallest absolute Gasteiger partial charge is 0.236 e. The molecule has 0 saturated carbocycles. The van der Waals surface area contributed by atoms with Gasteiger partial charge in [-0.2, -0.15) is 0 Å². The van der Waals surface area contributed by atoms with Gasteiger partial charge in [-0.05, 0) is 12.8 Å². The van der Waals surface area contributed by atoms with Crippen molar-refractivity contribution in [3.05, 3.63) is 0 Å². The SMILES string of the molecule is CCCCCCCCCCCCCCCC(=O)N(CCC)N(CC)CC. The Bertz CT molecular complexity index is 303. The van der Waals surface area contributed by atoms with Crippen molar-refractivity contribution in [1.82, 2.24) is 10.0 Å². The molecule has 3 heteroatoms. The molecule has 0 fully saturated rings. The van der Waals surface area contributed by atoms with E-state index in [-0.39, 0.29) is 0 Å². The lowest BCUT2D eigenvalue weighted by molar-refractivity contribution is -0.148. The molecule has 3 nitrogen and oxygen atoms in total. The molecule has 0 unspecified atom stereocenters. The van der Waals surface area contributed by atoms with Crippen molar-refractivity contribution in [2.75, 3.05) is 19.6 Å². The maximum absolute atomic E-state index is 12.5. The molecular formula is C23H48N2O. The van der Waals surface area contributed by atoms with E-state index in [0.717, 1.165) is 32.5 Å². The highest BCUT2D eigenvalue weighted by Gasteiger charge is 2.17. The van der Waals surface area contributed by atoms with Crippen LogP contribution < -0.4 is 0 Å². The Kier molecular flexibility index (Phi) is 18.8. The summed E-state index contributed by atoms with van der Waals surface area (Å²) in [5, 5.41) is 4.16. The monoisotopic (exact) mass is 368 g/mol. The van der Waals surface area contributed by atoms with Crippen LogP contribution in [0.4, 0.5) is 0 Å². The molecule has 0 aliphatic rings. The number of amides is 1. The Morgan fingerprint density at radius 2 is 1.00 bits per heavy atom.